The molecular weight excluding hydrogens is 308 g/mol. The number of hydrogen-bond donors (Lipinski definition) is 2. The average molecular weight is 334 g/mol. The molecule has 126 valence electrons. The highest BCUT2D eigenvalue weighted by atomic mass is 32.1. The monoisotopic (exact) mass is 334 g/mol. The zero-order valence-corrected chi connectivity index (χ0v) is 14.4. The Morgan fingerprint density at radius 2 is 1.96 bits per heavy atom. The van der Waals surface area contributed by atoms with Crippen LogP contribution in [0.5, 0.6) is 0 Å². The molecule has 0 spiro atoms. The van der Waals surface area contributed by atoms with E-state index in [0.29, 0.717) is 6.04 Å². The number of amides is 2. The number of carbonyl (C=O) groups is 1. The van der Waals surface area contributed by atoms with E-state index in [2.05, 4.69) is 20.5 Å². The lowest BCUT2D eigenvalue weighted by molar-refractivity contribution is 0.181. The highest BCUT2D eigenvalue weighted by Gasteiger charge is 2.40. The topological polar surface area (TPSA) is 57.3 Å². The van der Waals surface area contributed by atoms with Gasteiger partial charge in [-0.25, -0.2) is 9.78 Å². The van der Waals surface area contributed by atoms with Crippen LogP contribution in [0, 0.1) is 0 Å². The lowest BCUT2D eigenvalue weighted by Gasteiger charge is -2.34. The molecule has 5 nitrogen and oxygen atoms in total. The van der Waals surface area contributed by atoms with Crippen LogP contribution in [0.15, 0.2) is 11.6 Å². The first-order valence-corrected chi connectivity index (χ1v) is 9.86. The van der Waals surface area contributed by atoms with Gasteiger partial charge in [-0.1, -0.05) is 12.8 Å². The SMILES string of the molecule is O=C(NC1CCN(C2CC2)CC1)NC1(c2nccs2)CCCC1. The van der Waals surface area contributed by atoms with Gasteiger partial charge in [-0.05, 0) is 38.5 Å². The Kier molecular flexibility index (Phi) is 4.28. The third-order valence-corrected chi connectivity index (χ3v) is 6.56. The summed E-state index contributed by atoms with van der Waals surface area (Å²) in [6.45, 7) is 2.26. The molecule has 0 unspecified atom stereocenters. The first kappa shape index (κ1) is 15.4. The Balaban J connectivity index is 1.32. The summed E-state index contributed by atoms with van der Waals surface area (Å²) >= 11 is 1.66. The summed E-state index contributed by atoms with van der Waals surface area (Å²) in [6, 6.07) is 1.16. The molecule has 23 heavy (non-hydrogen) atoms. The van der Waals surface area contributed by atoms with Gasteiger partial charge < -0.3 is 15.5 Å². The minimum absolute atomic E-state index is 0.00743. The fourth-order valence-electron chi connectivity index (χ4n) is 4.12. The molecule has 2 saturated carbocycles. The maximum absolute atomic E-state index is 12.5. The van der Waals surface area contributed by atoms with Crippen LogP contribution >= 0.6 is 11.3 Å². The summed E-state index contributed by atoms with van der Waals surface area (Å²) in [5.41, 5.74) is -0.229. The Morgan fingerprint density at radius 3 is 2.57 bits per heavy atom. The predicted octanol–water partition coefficient (Wildman–Crippen LogP) is 2.84. The van der Waals surface area contributed by atoms with Crippen molar-refractivity contribution in [3.8, 4) is 0 Å². The number of piperidine rings is 1. The molecule has 0 atom stereocenters. The molecule has 6 heteroatoms. The molecular formula is C17H26N4OS. The summed E-state index contributed by atoms with van der Waals surface area (Å²) < 4.78 is 0. The van der Waals surface area contributed by atoms with Crippen molar-refractivity contribution in [1.82, 2.24) is 20.5 Å². The van der Waals surface area contributed by atoms with Gasteiger partial charge in [0, 0.05) is 36.8 Å². The molecule has 3 fully saturated rings. The molecule has 0 aromatic carbocycles. The van der Waals surface area contributed by atoms with Crippen molar-refractivity contribution in [2.75, 3.05) is 13.1 Å². The minimum Gasteiger partial charge on any atom is -0.335 e. The van der Waals surface area contributed by atoms with E-state index in [1.165, 1.54) is 25.7 Å². The third kappa shape index (κ3) is 3.38. The number of nitrogens with zero attached hydrogens (tertiary/aromatic N) is 2. The van der Waals surface area contributed by atoms with Gasteiger partial charge in [-0.3, -0.25) is 0 Å². The highest BCUT2D eigenvalue weighted by molar-refractivity contribution is 7.09. The van der Waals surface area contributed by atoms with Crippen molar-refractivity contribution >= 4 is 17.4 Å². The zero-order valence-electron chi connectivity index (χ0n) is 13.6. The number of nitrogens with one attached hydrogen (secondary N) is 2. The molecule has 4 rings (SSSR count). The molecule has 0 bridgehead atoms. The van der Waals surface area contributed by atoms with Crippen molar-refractivity contribution in [2.45, 2.75) is 69.0 Å². The van der Waals surface area contributed by atoms with Crippen molar-refractivity contribution in [3.63, 3.8) is 0 Å². The van der Waals surface area contributed by atoms with Gasteiger partial charge in [0.2, 0.25) is 0 Å². The van der Waals surface area contributed by atoms with Gasteiger partial charge in [0.05, 0.1) is 5.54 Å². The van der Waals surface area contributed by atoms with Crippen molar-refractivity contribution in [3.05, 3.63) is 16.6 Å². The quantitative estimate of drug-likeness (QED) is 0.890. The lowest BCUT2D eigenvalue weighted by Crippen LogP contribution is -2.53. The van der Waals surface area contributed by atoms with Crippen LogP contribution in [0.25, 0.3) is 0 Å². The van der Waals surface area contributed by atoms with E-state index in [4.69, 9.17) is 0 Å². The van der Waals surface area contributed by atoms with Crippen molar-refractivity contribution in [1.29, 1.82) is 0 Å². The van der Waals surface area contributed by atoms with Crippen LogP contribution in [-0.2, 0) is 5.54 Å². The largest absolute Gasteiger partial charge is 0.335 e. The molecule has 0 radical (unpaired) electrons. The number of thiazole rings is 1. The average Bonchev–Trinajstić information content (AvgIpc) is 3.05. The molecule has 1 aliphatic heterocycles. The predicted molar refractivity (Wildman–Crippen MR) is 91.5 cm³/mol. The highest BCUT2D eigenvalue weighted by Crippen LogP contribution is 2.39. The normalized spacial score (nSPS) is 25.4. The van der Waals surface area contributed by atoms with Gasteiger partial charge in [-0.15, -0.1) is 11.3 Å². The molecule has 1 aromatic heterocycles. The first-order chi connectivity index (χ1) is 11.3. The van der Waals surface area contributed by atoms with Gasteiger partial charge in [-0.2, -0.15) is 0 Å². The Labute approximate surface area is 141 Å². The van der Waals surface area contributed by atoms with Gasteiger partial charge in [0.25, 0.3) is 0 Å². The summed E-state index contributed by atoms with van der Waals surface area (Å²) in [7, 11) is 0. The second-order valence-corrected chi connectivity index (χ2v) is 8.16. The van der Waals surface area contributed by atoms with Crippen LogP contribution in [-0.4, -0.2) is 41.1 Å². The molecule has 1 aromatic rings. The number of aromatic nitrogens is 1. The fraction of sp³-hybridized carbons (Fsp3) is 0.765. The number of likely N-dealkylation sites (tertiary alicyclic amines) is 1. The summed E-state index contributed by atoms with van der Waals surface area (Å²) in [4.78, 5) is 19.6. The summed E-state index contributed by atoms with van der Waals surface area (Å²) in [6.07, 6.45) is 11.1. The zero-order chi connectivity index (χ0) is 15.7. The third-order valence-electron chi connectivity index (χ3n) is 5.58. The minimum atomic E-state index is -0.229. The van der Waals surface area contributed by atoms with E-state index in [9.17, 15) is 4.79 Å². The molecule has 3 aliphatic rings. The van der Waals surface area contributed by atoms with Gasteiger partial charge in [0.15, 0.2) is 0 Å². The second-order valence-electron chi connectivity index (χ2n) is 7.27. The van der Waals surface area contributed by atoms with E-state index in [1.54, 1.807) is 11.3 Å². The van der Waals surface area contributed by atoms with Gasteiger partial charge >= 0.3 is 6.03 Å². The van der Waals surface area contributed by atoms with E-state index < -0.39 is 0 Å². The number of hydrogen-bond acceptors (Lipinski definition) is 4. The van der Waals surface area contributed by atoms with E-state index in [1.807, 2.05) is 11.6 Å². The number of carbonyl (C=O) groups excluding carboxylic acids is 1. The second kappa shape index (κ2) is 6.40. The summed E-state index contributed by atoms with van der Waals surface area (Å²) in [5.74, 6) is 0. The van der Waals surface area contributed by atoms with Crippen molar-refractivity contribution < 1.29 is 4.79 Å². The lowest BCUT2D eigenvalue weighted by atomic mass is 9.98. The van der Waals surface area contributed by atoms with Crippen LogP contribution in [0.4, 0.5) is 4.79 Å². The van der Waals surface area contributed by atoms with Crippen molar-refractivity contribution in [2.24, 2.45) is 0 Å². The van der Waals surface area contributed by atoms with Crippen LogP contribution in [0.2, 0.25) is 0 Å². The number of rotatable bonds is 4. The maximum Gasteiger partial charge on any atom is 0.315 e. The van der Waals surface area contributed by atoms with Gasteiger partial charge in [0.1, 0.15) is 5.01 Å². The standard InChI is InChI=1S/C17H26N4OS/c22-16(19-13-5-10-21(11-6-13)14-3-4-14)20-17(7-1-2-8-17)15-18-9-12-23-15/h9,12-14H,1-8,10-11H2,(H2,19,20,22). The molecule has 2 amide bonds. The molecule has 2 N–H and O–H groups in total. The Hall–Kier alpha value is -1.14. The summed E-state index contributed by atoms with van der Waals surface area (Å²) in [5, 5.41) is 9.55. The smallest absolute Gasteiger partial charge is 0.315 e. The fourth-order valence-corrected chi connectivity index (χ4v) is 4.97. The molecule has 1 saturated heterocycles. The van der Waals surface area contributed by atoms with E-state index >= 15 is 0 Å². The molecule has 2 heterocycles. The Bertz CT molecular complexity index is 529. The van der Waals surface area contributed by atoms with Crippen LogP contribution < -0.4 is 10.6 Å². The van der Waals surface area contributed by atoms with Crippen LogP contribution in [0.3, 0.4) is 0 Å². The first-order valence-electron chi connectivity index (χ1n) is 8.98. The maximum atomic E-state index is 12.5. The Morgan fingerprint density at radius 1 is 1.22 bits per heavy atom. The van der Waals surface area contributed by atoms with E-state index in [-0.39, 0.29) is 11.6 Å². The van der Waals surface area contributed by atoms with Crippen LogP contribution in [0.1, 0.15) is 56.4 Å². The number of urea groups is 1. The van der Waals surface area contributed by atoms with E-state index in [0.717, 1.165) is 49.8 Å². The molecule has 2 aliphatic carbocycles.